The van der Waals surface area contributed by atoms with Gasteiger partial charge in [0.15, 0.2) is 0 Å². The number of carboxylic acid groups (broad SMARTS) is 1. The monoisotopic (exact) mass is 291 g/mol. The van der Waals surface area contributed by atoms with Crippen LogP contribution in [0.25, 0.3) is 6.08 Å². The van der Waals surface area contributed by atoms with Crippen molar-refractivity contribution in [2.45, 2.75) is 30.9 Å². The predicted molar refractivity (Wildman–Crippen MR) is 84.9 cm³/mol. The molecule has 3 nitrogen and oxygen atoms in total. The summed E-state index contributed by atoms with van der Waals surface area (Å²) in [6.07, 6.45) is 2.82. The summed E-state index contributed by atoms with van der Waals surface area (Å²) in [5, 5.41) is 10.0. The van der Waals surface area contributed by atoms with Gasteiger partial charge in [-0.25, -0.2) is 4.79 Å². The van der Waals surface area contributed by atoms with Crippen molar-refractivity contribution in [3.8, 4) is 0 Å². The van der Waals surface area contributed by atoms with E-state index in [2.05, 4.69) is 42.6 Å². The van der Waals surface area contributed by atoms with Crippen molar-refractivity contribution in [1.29, 1.82) is 0 Å². The van der Waals surface area contributed by atoms with Crippen molar-refractivity contribution in [2.75, 3.05) is 13.1 Å². The van der Waals surface area contributed by atoms with Gasteiger partial charge in [-0.15, -0.1) is 0 Å². The molecule has 1 aromatic carbocycles. The fourth-order valence-corrected chi connectivity index (χ4v) is 4.02. The van der Waals surface area contributed by atoms with E-state index in [-0.39, 0.29) is 0 Å². The molecule has 0 aliphatic carbocycles. The van der Waals surface area contributed by atoms with Gasteiger partial charge in [-0.3, -0.25) is 4.90 Å². The zero-order chi connectivity index (χ0) is 14.5. The molecule has 2 rings (SSSR count). The molecular weight excluding hydrogens is 270 g/mol. The summed E-state index contributed by atoms with van der Waals surface area (Å²) >= 11 is 2.05. The zero-order valence-corrected chi connectivity index (χ0v) is 12.8. The van der Waals surface area contributed by atoms with Gasteiger partial charge in [0.1, 0.15) is 0 Å². The second-order valence-electron chi connectivity index (χ2n) is 5.37. The van der Waals surface area contributed by atoms with Crippen molar-refractivity contribution < 1.29 is 9.90 Å². The van der Waals surface area contributed by atoms with Gasteiger partial charge in [-0.05, 0) is 17.2 Å². The van der Waals surface area contributed by atoms with Crippen LogP contribution in [0.15, 0.2) is 30.3 Å². The molecule has 1 saturated heterocycles. The molecule has 1 aromatic rings. The number of rotatable bonds is 4. The quantitative estimate of drug-likeness (QED) is 0.865. The Bertz CT molecular complexity index is 491. The predicted octanol–water partition coefficient (Wildman–Crippen LogP) is 3.11. The number of hydrogen-bond donors (Lipinski definition) is 1. The highest BCUT2D eigenvalue weighted by molar-refractivity contribution is 8.00. The maximum absolute atomic E-state index is 10.5. The second-order valence-corrected chi connectivity index (χ2v) is 7.25. The summed E-state index contributed by atoms with van der Waals surface area (Å²) in [5.41, 5.74) is 2.18. The third-order valence-electron chi connectivity index (χ3n) is 3.27. The van der Waals surface area contributed by atoms with Crippen LogP contribution in [0, 0.1) is 0 Å². The number of carbonyl (C=O) groups is 1. The number of hydrogen-bond acceptors (Lipinski definition) is 3. The molecule has 2 unspecified atom stereocenters. The average Bonchev–Trinajstić information content (AvgIpc) is 2.35. The van der Waals surface area contributed by atoms with Crippen LogP contribution in [0.1, 0.15) is 25.0 Å². The molecule has 1 aliphatic rings. The minimum absolute atomic E-state index is 0.675. The molecule has 1 fully saturated rings. The van der Waals surface area contributed by atoms with Crippen LogP contribution in [-0.2, 0) is 11.3 Å². The Morgan fingerprint density at radius 2 is 2.10 bits per heavy atom. The van der Waals surface area contributed by atoms with Crippen LogP contribution in [0.5, 0.6) is 0 Å². The van der Waals surface area contributed by atoms with Crippen molar-refractivity contribution >= 4 is 23.8 Å². The van der Waals surface area contributed by atoms with E-state index < -0.39 is 5.97 Å². The summed E-state index contributed by atoms with van der Waals surface area (Å²) < 4.78 is 0. The van der Waals surface area contributed by atoms with Gasteiger partial charge in [0.25, 0.3) is 0 Å². The van der Waals surface area contributed by atoms with E-state index in [4.69, 9.17) is 5.11 Å². The van der Waals surface area contributed by atoms with Crippen molar-refractivity contribution in [3.63, 3.8) is 0 Å². The molecule has 4 heteroatoms. The lowest BCUT2D eigenvalue weighted by Crippen LogP contribution is -2.39. The van der Waals surface area contributed by atoms with Crippen LogP contribution in [0.2, 0.25) is 0 Å². The maximum Gasteiger partial charge on any atom is 0.328 e. The van der Waals surface area contributed by atoms with E-state index in [1.807, 2.05) is 12.1 Å². The van der Waals surface area contributed by atoms with Crippen LogP contribution < -0.4 is 0 Å². The standard InChI is InChI=1S/C16H21NO2S/c1-12-9-17(10-13(2)20-12)11-15-5-3-4-14(8-15)6-7-16(18)19/h3-8,12-13H,9-11H2,1-2H3,(H,18,19). The number of thioether (sulfide) groups is 1. The summed E-state index contributed by atoms with van der Waals surface area (Å²) in [4.78, 5) is 13.0. The molecular formula is C16H21NO2S. The lowest BCUT2D eigenvalue weighted by Gasteiger charge is -2.34. The highest BCUT2D eigenvalue weighted by Crippen LogP contribution is 2.25. The molecule has 0 bridgehead atoms. The van der Waals surface area contributed by atoms with Crippen LogP contribution in [0.4, 0.5) is 0 Å². The smallest absolute Gasteiger partial charge is 0.328 e. The van der Waals surface area contributed by atoms with Gasteiger partial charge in [-0.2, -0.15) is 11.8 Å². The van der Waals surface area contributed by atoms with Gasteiger partial charge in [-0.1, -0.05) is 38.1 Å². The Labute approximate surface area is 124 Å². The van der Waals surface area contributed by atoms with Gasteiger partial charge >= 0.3 is 5.97 Å². The number of aliphatic carboxylic acids is 1. The Kier molecular flexibility index (Phi) is 5.26. The summed E-state index contributed by atoms with van der Waals surface area (Å²) in [7, 11) is 0. The van der Waals surface area contributed by atoms with Crippen molar-refractivity contribution in [1.82, 2.24) is 4.90 Å². The van der Waals surface area contributed by atoms with E-state index in [0.717, 1.165) is 25.2 Å². The fourth-order valence-electron chi connectivity index (χ4n) is 2.63. The molecule has 0 radical (unpaired) electrons. The molecule has 0 spiro atoms. The third-order valence-corrected chi connectivity index (χ3v) is 4.50. The van der Waals surface area contributed by atoms with E-state index >= 15 is 0 Å². The Morgan fingerprint density at radius 3 is 2.75 bits per heavy atom. The first-order valence-electron chi connectivity index (χ1n) is 6.90. The van der Waals surface area contributed by atoms with Crippen molar-refractivity contribution in [3.05, 3.63) is 41.5 Å². The number of benzene rings is 1. The highest BCUT2D eigenvalue weighted by atomic mass is 32.2. The SMILES string of the molecule is CC1CN(Cc2cccc(C=CC(=O)O)c2)CC(C)S1. The van der Waals surface area contributed by atoms with Crippen molar-refractivity contribution in [2.24, 2.45) is 0 Å². The van der Waals surface area contributed by atoms with Crippen LogP contribution in [-0.4, -0.2) is 39.6 Å². The number of nitrogens with zero attached hydrogens (tertiary/aromatic N) is 1. The average molecular weight is 291 g/mol. The van der Waals surface area contributed by atoms with Gasteiger partial charge in [0.2, 0.25) is 0 Å². The maximum atomic E-state index is 10.5. The summed E-state index contributed by atoms with van der Waals surface area (Å²) in [5.74, 6) is -0.911. The lowest BCUT2D eigenvalue weighted by atomic mass is 10.1. The third kappa shape index (κ3) is 4.69. The molecule has 0 saturated carbocycles. The Balaban J connectivity index is 2.02. The Hall–Kier alpha value is -1.26. The van der Waals surface area contributed by atoms with E-state index in [1.165, 1.54) is 11.6 Å². The fraction of sp³-hybridized carbons (Fsp3) is 0.438. The molecule has 1 N–H and O–H groups in total. The lowest BCUT2D eigenvalue weighted by molar-refractivity contribution is -0.131. The minimum Gasteiger partial charge on any atom is -0.478 e. The summed E-state index contributed by atoms with van der Waals surface area (Å²) in [6, 6.07) is 8.09. The highest BCUT2D eigenvalue weighted by Gasteiger charge is 2.21. The van der Waals surface area contributed by atoms with Gasteiger partial charge in [0.05, 0.1) is 0 Å². The first-order valence-corrected chi connectivity index (χ1v) is 7.85. The van der Waals surface area contributed by atoms with Gasteiger partial charge in [0, 0.05) is 36.2 Å². The van der Waals surface area contributed by atoms with Crippen LogP contribution >= 0.6 is 11.8 Å². The minimum atomic E-state index is -0.911. The molecule has 0 aromatic heterocycles. The van der Waals surface area contributed by atoms with E-state index in [1.54, 1.807) is 6.08 Å². The molecule has 108 valence electrons. The topological polar surface area (TPSA) is 40.5 Å². The molecule has 2 atom stereocenters. The summed E-state index contributed by atoms with van der Waals surface area (Å²) in [6.45, 7) is 7.72. The van der Waals surface area contributed by atoms with Gasteiger partial charge < -0.3 is 5.11 Å². The van der Waals surface area contributed by atoms with E-state index in [0.29, 0.717) is 10.5 Å². The molecule has 20 heavy (non-hydrogen) atoms. The first-order chi connectivity index (χ1) is 9.52. The first kappa shape index (κ1) is 15.1. The largest absolute Gasteiger partial charge is 0.478 e. The van der Waals surface area contributed by atoms with E-state index in [9.17, 15) is 4.79 Å². The second kappa shape index (κ2) is 6.95. The molecule has 1 heterocycles. The normalized spacial score (nSPS) is 24.1. The Morgan fingerprint density at radius 1 is 1.40 bits per heavy atom. The number of carboxylic acids is 1. The molecule has 0 amide bonds. The van der Waals surface area contributed by atoms with Crippen LogP contribution in [0.3, 0.4) is 0 Å². The molecule has 1 aliphatic heterocycles. The zero-order valence-electron chi connectivity index (χ0n) is 12.0.